The Balaban J connectivity index is 1.41. The van der Waals surface area contributed by atoms with Crippen LogP contribution in [0.3, 0.4) is 0 Å². The average Bonchev–Trinajstić information content (AvgIpc) is 2.74. The lowest BCUT2D eigenvalue weighted by molar-refractivity contribution is 0.415. The molecule has 27 heavy (non-hydrogen) atoms. The predicted octanol–water partition coefficient (Wildman–Crippen LogP) is 2.58. The van der Waals surface area contributed by atoms with Gasteiger partial charge in [-0.2, -0.15) is 0 Å². The Bertz CT molecular complexity index is 889. The summed E-state index contributed by atoms with van der Waals surface area (Å²) in [6, 6.07) is 13.9. The summed E-state index contributed by atoms with van der Waals surface area (Å²) in [5.74, 6) is 2.73. The van der Waals surface area contributed by atoms with E-state index in [0.717, 1.165) is 60.5 Å². The lowest BCUT2D eigenvalue weighted by Gasteiger charge is -2.35. The van der Waals surface area contributed by atoms with Crippen LogP contribution in [0.4, 0.5) is 11.6 Å². The van der Waals surface area contributed by atoms with Gasteiger partial charge in [0.2, 0.25) is 0 Å². The highest BCUT2D eigenvalue weighted by Gasteiger charge is 2.19. The molecule has 0 unspecified atom stereocenters. The molecule has 1 aromatic carbocycles. The van der Waals surface area contributed by atoms with Crippen molar-refractivity contribution in [1.29, 1.82) is 0 Å². The van der Waals surface area contributed by atoms with Crippen LogP contribution in [0.1, 0.15) is 5.69 Å². The number of piperazine rings is 1. The van der Waals surface area contributed by atoms with E-state index < -0.39 is 0 Å². The third-order valence-electron chi connectivity index (χ3n) is 4.75. The number of rotatable bonds is 4. The zero-order valence-corrected chi connectivity index (χ0v) is 15.5. The summed E-state index contributed by atoms with van der Waals surface area (Å²) in [4.78, 5) is 13.1. The third-order valence-corrected chi connectivity index (χ3v) is 4.75. The SMILES string of the molecule is COc1ccc(-c2ccc(N3CCN(c4cc(C)ncn4)CC3)nn2)cc1. The Morgan fingerprint density at radius 2 is 1.52 bits per heavy atom. The molecule has 3 heterocycles. The van der Waals surface area contributed by atoms with E-state index in [1.54, 1.807) is 13.4 Å². The fraction of sp³-hybridized carbons (Fsp3) is 0.300. The molecule has 0 spiro atoms. The molecule has 0 aliphatic carbocycles. The standard InChI is InChI=1S/C20H22N6O/c1-15-13-20(22-14-21-15)26-11-9-25(10-12-26)19-8-7-18(23-24-19)16-3-5-17(27-2)6-4-16/h3-8,13-14H,9-12H2,1-2H3. The number of ether oxygens (including phenoxy) is 1. The van der Waals surface area contributed by atoms with Gasteiger partial charge in [-0.15, -0.1) is 10.2 Å². The largest absolute Gasteiger partial charge is 0.497 e. The Kier molecular flexibility index (Phi) is 4.82. The quantitative estimate of drug-likeness (QED) is 0.706. The van der Waals surface area contributed by atoms with Crippen LogP contribution in [0.5, 0.6) is 5.75 Å². The number of anilines is 2. The zero-order chi connectivity index (χ0) is 18.6. The number of benzene rings is 1. The first kappa shape index (κ1) is 17.2. The summed E-state index contributed by atoms with van der Waals surface area (Å²) in [5.41, 5.74) is 2.87. The topological polar surface area (TPSA) is 67.3 Å². The maximum Gasteiger partial charge on any atom is 0.151 e. The highest BCUT2D eigenvalue weighted by atomic mass is 16.5. The molecular formula is C20H22N6O. The summed E-state index contributed by atoms with van der Waals surface area (Å²) in [6.45, 7) is 5.57. The zero-order valence-electron chi connectivity index (χ0n) is 15.5. The van der Waals surface area contributed by atoms with Crippen molar-refractivity contribution in [2.45, 2.75) is 6.92 Å². The summed E-state index contributed by atoms with van der Waals surface area (Å²) in [7, 11) is 1.66. The highest BCUT2D eigenvalue weighted by molar-refractivity contribution is 5.60. The van der Waals surface area contributed by atoms with E-state index in [1.807, 2.05) is 49.4 Å². The van der Waals surface area contributed by atoms with Gasteiger partial charge in [0.15, 0.2) is 5.82 Å². The van der Waals surface area contributed by atoms with Gasteiger partial charge in [0.25, 0.3) is 0 Å². The van der Waals surface area contributed by atoms with Crippen LogP contribution in [-0.4, -0.2) is 53.5 Å². The average molecular weight is 362 g/mol. The molecule has 0 atom stereocenters. The first-order valence-electron chi connectivity index (χ1n) is 8.99. The monoisotopic (exact) mass is 362 g/mol. The summed E-state index contributed by atoms with van der Waals surface area (Å²) in [5, 5.41) is 8.84. The Labute approximate surface area is 158 Å². The number of aryl methyl sites for hydroxylation is 1. The molecule has 7 heteroatoms. The van der Waals surface area contributed by atoms with Crippen molar-refractivity contribution < 1.29 is 4.74 Å². The van der Waals surface area contributed by atoms with Crippen LogP contribution in [0, 0.1) is 6.92 Å². The van der Waals surface area contributed by atoms with E-state index in [9.17, 15) is 0 Å². The van der Waals surface area contributed by atoms with Crippen LogP contribution < -0.4 is 14.5 Å². The number of nitrogens with zero attached hydrogens (tertiary/aromatic N) is 6. The van der Waals surface area contributed by atoms with Gasteiger partial charge < -0.3 is 14.5 Å². The summed E-state index contributed by atoms with van der Waals surface area (Å²) < 4.78 is 5.20. The van der Waals surface area contributed by atoms with Gasteiger partial charge >= 0.3 is 0 Å². The fourth-order valence-electron chi connectivity index (χ4n) is 3.19. The van der Waals surface area contributed by atoms with Crippen molar-refractivity contribution in [1.82, 2.24) is 20.2 Å². The molecule has 2 aromatic heterocycles. The van der Waals surface area contributed by atoms with Gasteiger partial charge in [0, 0.05) is 43.5 Å². The number of hydrogen-bond donors (Lipinski definition) is 0. The van der Waals surface area contributed by atoms with Crippen molar-refractivity contribution in [2.75, 3.05) is 43.1 Å². The number of aromatic nitrogens is 4. The smallest absolute Gasteiger partial charge is 0.151 e. The summed E-state index contributed by atoms with van der Waals surface area (Å²) in [6.07, 6.45) is 1.63. The lowest BCUT2D eigenvalue weighted by atomic mass is 10.1. The Morgan fingerprint density at radius 1 is 0.815 bits per heavy atom. The van der Waals surface area contributed by atoms with Crippen LogP contribution in [0.25, 0.3) is 11.3 Å². The first-order chi connectivity index (χ1) is 13.2. The van der Waals surface area contributed by atoms with E-state index in [-0.39, 0.29) is 0 Å². The lowest BCUT2D eigenvalue weighted by Crippen LogP contribution is -2.47. The molecule has 1 saturated heterocycles. The molecule has 1 fully saturated rings. The summed E-state index contributed by atoms with van der Waals surface area (Å²) >= 11 is 0. The van der Waals surface area contributed by atoms with E-state index in [0.29, 0.717) is 0 Å². The molecule has 0 bridgehead atoms. The van der Waals surface area contributed by atoms with Gasteiger partial charge in [0.1, 0.15) is 17.9 Å². The number of hydrogen-bond acceptors (Lipinski definition) is 7. The molecule has 1 aliphatic rings. The van der Waals surface area contributed by atoms with E-state index >= 15 is 0 Å². The maximum absolute atomic E-state index is 5.20. The molecule has 138 valence electrons. The van der Waals surface area contributed by atoms with Gasteiger partial charge in [-0.25, -0.2) is 9.97 Å². The van der Waals surface area contributed by atoms with Crippen LogP contribution in [-0.2, 0) is 0 Å². The Morgan fingerprint density at radius 3 is 2.11 bits per heavy atom. The van der Waals surface area contributed by atoms with Crippen molar-refractivity contribution in [2.24, 2.45) is 0 Å². The van der Waals surface area contributed by atoms with Gasteiger partial charge in [-0.05, 0) is 43.3 Å². The molecule has 0 amide bonds. The van der Waals surface area contributed by atoms with Crippen LogP contribution in [0.2, 0.25) is 0 Å². The van der Waals surface area contributed by atoms with E-state index in [1.165, 1.54) is 0 Å². The maximum atomic E-state index is 5.20. The second kappa shape index (κ2) is 7.57. The molecule has 0 N–H and O–H groups in total. The molecule has 3 aromatic rings. The third kappa shape index (κ3) is 3.81. The minimum absolute atomic E-state index is 0.833. The normalized spacial score (nSPS) is 14.3. The molecule has 0 radical (unpaired) electrons. The van der Waals surface area contributed by atoms with Gasteiger partial charge in [-0.1, -0.05) is 0 Å². The fourth-order valence-corrected chi connectivity index (χ4v) is 3.19. The number of methoxy groups -OCH3 is 1. The molecule has 1 aliphatic heterocycles. The predicted molar refractivity (Wildman–Crippen MR) is 105 cm³/mol. The van der Waals surface area contributed by atoms with Crippen LogP contribution >= 0.6 is 0 Å². The minimum Gasteiger partial charge on any atom is -0.497 e. The van der Waals surface area contributed by atoms with Crippen LogP contribution in [0.15, 0.2) is 48.8 Å². The van der Waals surface area contributed by atoms with E-state index in [4.69, 9.17) is 4.74 Å². The molecule has 4 rings (SSSR count). The van der Waals surface area contributed by atoms with Gasteiger partial charge in [0.05, 0.1) is 12.8 Å². The van der Waals surface area contributed by atoms with Crippen molar-refractivity contribution in [3.8, 4) is 17.0 Å². The van der Waals surface area contributed by atoms with Crippen molar-refractivity contribution in [3.63, 3.8) is 0 Å². The second-order valence-electron chi connectivity index (χ2n) is 6.50. The molecule has 0 saturated carbocycles. The molecule has 7 nitrogen and oxygen atoms in total. The van der Waals surface area contributed by atoms with E-state index in [2.05, 4.69) is 30.0 Å². The van der Waals surface area contributed by atoms with Gasteiger partial charge in [-0.3, -0.25) is 0 Å². The second-order valence-corrected chi connectivity index (χ2v) is 6.50. The first-order valence-corrected chi connectivity index (χ1v) is 8.99. The Hall–Kier alpha value is -3.22. The minimum atomic E-state index is 0.833. The molecular weight excluding hydrogens is 340 g/mol. The van der Waals surface area contributed by atoms with Crippen molar-refractivity contribution >= 4 is 11.6 Å². The highest BCUT2D eigenvalue weighted by Crippen LogP contribution is 2.22. The van der Waals surface area contributed by atoms with Crippen molar-refractivity contribution in [3.05, 3.63) is 54.5 Å².